The Bertz CT molecular complexity index is 5670. The SMILES string of the molecule is c1ccc(-c2ccc(-n3c4ccccc4c4cc(-c5ccc6c(c5)c5ccccc5n6-c5ccccc5-c5ccc(-c6ccc(-c7cccc(C8(c9ccccc9-c9cccc(-c%10ccccc%10)c9)c9ccccc9-c9ccccc98)c7)cc6)cc5)ccc43)cc2)cc1. The molecule has 0 bridgehead atoms. The Labute approximate surface area is 541 Å². The van der Waals surface area contributed by atoms with E-state index < -0.39 is 5.41 Å². The molecule has 17 aromatic rings. The van der Waals surface area contributed by atoms with Gasteiger partial charge in [-0.1, -0.05) is 297 Å². The molecule has 1 aliphatic rings. The third-order valence-corrected chi connectivity index (χ3v) is 19.7. The second kappa shape index (κ2) is 22.1. The van der Waals surface area contributed by atoms with Crippen molar-refractivity contribution in [2.45, 2.75) is 5.41 Å². The molecule has 18 rings (SSSR count). The van der Waals surface area contributed by atoms with Gasteiger partial charge in [0, 0.05) is 32.8 Å². The second-order valence-corrected chi connectivity index (χ2v) is 24.7. The first kappa shape index (κ1) is 53.9. The van der Waals surface area contributed by atoms with E-state index in [2.05, 4.69) is 373 Å². The molecule has 0 aliphatic heterocycles. The lowest BCUT2D eigenvalue weighted by Crippen LogP contribution is -2.29. The minimum absolute atomic E-state index is 0.589. The Kier molecular flexibility index (Phi) is 12.8. The molecule has 0 spiro atoms. The molecule has 2 heterocycles. The molecule has 434 valence electrons. The van der Waals surface area contributed by atoms with E-state index in [9.17, 15) is 0 Å². The fraction of sp³-hybridized carbons (Fsp3) is 0.0110. The smallest absolute Gasteiger partial charge is 0.0719 e. The van der Waals surface area contributed by atoms with Gasteiger partial charge < -0.3 is 9.13 Å². The molecule has 0 atom stereocenters. The number of nitrogens with zero attached hydrogens (tertiary/aromatic N) is 2. The minimum atomic E-state index is -0.589. The van der Waals surface area contributed by atoms with E-state index in [1.165, 1.54) is 155 Å². The maximum absolute atomic E-state index is 2.46. The fourth-order valence-corrected chi connectivity index (χ4v) is 15.4. The largest absolute Gasteiger partial charge is 0.309 e. The van der Waals surface area contributed by atoms with Crippen LogP contribution in [0.15, 0.2) is 364 Å². The Balaban J connectivity index is 0.665. The molecule has 93 heavy (non-hydrogen) atoms. The molecular weight excluding hydrogens is 1120 g/mol. The predicted molar refractivity (Wildman–Crippen MR) is 390 cm³/mol. The molecule has 2 nitrogen and oxygen atoms in total. The first-order valence-corrected chi connectivity index (χ1v) is 32.2. The highest BCUT2D eigenvalue weighted by molar-refractivity contribution is 6.13. The lowest BCUT2D eigenvalue weighted by atomic mass is 9.65. The number of aromatic nitrogens is 2. The van der Waals surface area contributed by atoms with E-state index in [1.807, 2.05) is 0 Å². The van der Waals surface area contributed by atoms with Gasteiger partial charge in [-0.2, -0.15) is 0 Å². The fourth-order valence-electron chi connectivity index (χ4n) is 15.4. The molecule has 2 aromatic heterocycles. The Morgan fingerprint density at radius 2 is 0.538 bits per heavy atom. The van der Waals surface area contributed by atoms with E-state index in [0.717, 1.165) is 11.4 Å². The van der Waals surface area contributed by atoms with E-state index in [-0.39, 0.29) is 0 Å². The molecule has 0 radical (unpaired) electrons. The van der Waals surface area contributed by atoms with Gasteiger partial charge in [-0.3, -0.25) is 0 Å². The van der Waals surface area contributed by atoms with E-state index >= 15 is 0 Å². The summed E-state index contributed by atoms with van der Waals surface area (Å²) in [5.74, 6) is 0. The number of fused-ring (bicyclic) bond motifs is 9. The lowest BCUT2D eigenvalue weighted by molar-refractivity contribution is 0.771. The van der Waals surface area contributed by atoms with Gasteiger partial charge in [-0.15, -0.1) is 0 Å². The highest BCUT2D eigenvalue weighted by Gasteiger charge is 2.47. The predicted octanol–water partition coefficient (Wildman–Crippen LogP) is 23.9. The summed E-state index contributed by atoms with van der Waals surface area (Å²) < 4.78 is 4.86. The van der Waals surface area contributed by atoms with Crippen LogP contribution in [-0.2, 0) is 5.41 Å². The average Bonchev–Trinajstić information content (AvgIpc) is 1.57. The van der Waals surface area contributed by atoms with Crippen molar-refractivity contribution in [1.29, 1.82) is 0 Å². The molecule has 1 aliphatic carbocycles. The molecule has 2 heteroatoms. The van der Waals surface area contributed by atoms with Gasteiger partial charge in [0.15, 0.2) is 0 Å². The average molecular weight is 1180 g/mol. The zero-order valence-corrected chi connectivity index (χ0v) is 51.0. The quantitative estimate of drug-likeness (QED) is 0.122. The first-order valence-electron chi connectivity index (χ1n) is 32.2. The van der Waals surface area contributed by atoms with Crippen molar-refractivity contribution in [2.75, 3.05) is 0 Å². The van der Waals surface area contributed by atoms with Crippen LogP contribution in [0, 0.1) is 0 Å². The summed E-state index contributed by atoms with van der Waals surface area (Å²) in [6.07, 6.45) is 0. The van der Waals surface area contributed by atoms with Crippen molar-refractivity contribution >= 4 is 43.6 Å². The zero-order chi connectivity index (χ0) is 61.4. The van der Waals surface area contributed by atoms with Gasteiger partial charge in [-0.05, 0) is 172 Å². The normalized spacial score (nSPS) is 12.4. The van der Waals surface area contributed by atoms with Crippen molar-refractivity contribution in [2.24, 2.45) is 0 Å². The molecule has 0 N–H and O–H groups in total. The maximum atomic E-state index is 2.46. The van der Waals surface area contributed by atoms with Crippen molar-refractivity contribution in [3.05, 3.63) is 386 Å². The van der Waals surface area contributed by atoms with Crippen LogP contribution < -0.4 is 0 Å². The number of rotatable bonds is 11. The van der Waals surface area contributed by atoms with Crippen LogP contribution >= 0.6 is 0 Å². The molecule has 0 saturated carbocycles. The Hall–Kier alpha value is -12.1. The van der Waals surface area contributed by atoms with Crippen molar-refractivity contribution < 1.29 is 0 Å². The number of hydrogen-bond acceptors (Lipinski definition) is 0. The minimum Gasteiger partial charge on any atom is -0.309 e. The third kappa shape index (κ3) is 8.86. The topological polar surface area (TPSA) is 9.86 Å². The molecule has 0 amide bonds. The summed E-state index contributed by atoms with van der Waals surface area (Å²) in [5.41, 5.74) is 30.8. The summed E-state index contributed by atoms with van der Waals surface area (Å²) in [5, 5.41) is 4.93. The molecule has 0 saturated heterocycles. The van der Waals surface area contributed by atoms with Crippen LogP contribution in [0.2, 0.25) is 0 Å². The summed E-state index contributed by atoms with van der Waals surface area (Å²) >= 11 is 0. The van der Waals surface area contributed by atoms with Gasteiger partial charge in [0.2, 0.25) is 0 Å². The van der Waals surface area contributed by atoms with Crippen LogP contribution in [0.5, 0.6) is 0 Å². The van der Waals surface area contributed by atoms with Crippen LogP contribution in [0.25, 0.3) is 144 Å². The van der Waals surface area contributed by atoms with Crippen molar-refractivity contribution in [3.8, 4) is 100 Å². The standard InChI is InChI=1S/C91H60N2/c1-3-21-61(22-4-1)65-49-53-74(54-50-65)92-87-39-17-11-33-79(87)81-59-70(51-55-89(81)92)71-52-56-90-82(60-71)80-34-12-18-40-88(80)93(90)86-38-16-10-30-76(86)67-47-45-64(46-48-67)63-41-43-66(44-42-63)69-26-20-28-73(58-69)91(84-36-14-8-31-77(84)78-32-9-15-37-85(78)91)83-35-13-7-29-75(83)72-27-19-25-68(57-72)62-23-5-2-6-24-62/h1-60H. The second-order valence-electron chi connectivity index (χ2n) is 24.7. The molecule has 0 fully saturated rings. The number of para-hydroxylation sites is 3. The van der Waals surface area contributed by atoms with Gasteiger partial charge in [0.1, 0.15) is 0 Å². The van der Waals surface area contributed by atoms with Gasteiger partial charge in [0.05, 0.1) is 33.2 Å². The van der Waals surface area contributed by atoms with Crippen molar-refractivity contribution in [1.82, 2.24) is 9.13 Å². The maximum Gasteiger partial charge on any atom is 0.0719 e. The van der Waals surface area contributed by atoms with Crippen molar-refractivity contribution in [3.63, 3.8) is 0 Å². The summed E-state index contributed by atoms with van der Waals surface area (Å²) in [6, 6.07) is 135. The molecule has 15 aromatic carbocycles. The zero-order valence-electron chi connectivity index (χ0n) is 51.0. The van der Waals surface area contributed by atoms with Gasteiger partial charge in [-0.25, -0.2) is 0 Å². The summed E-state index contributed by atoms with van der Waals surface area (Å²) in [7, 11) is 0. The van der Waals surface area contributed by atoms with Gasteiger partial charge >= 0.3 is 0 Å². The van der Waals surface area contributed by atoms with Crippen LogP contribution in [0.1, 0.15) is 22.3 Å². The Morgan fingerprint density at radius 3 is 1.13 bits per heavy atom. The van der Waals surface area contributed by atoms with E-state index in [4.69, 9.17) is 0 Å². The monoisotopic (exact) mass is 1180 g/mol. The summed E-state index contributed by atoms with van der Waals surface area (Å²) in [4.78, 5) is 0. The van der Waals surface area contributed by atoms with E-state index in [0.29, 0.717) is 0 Å². The molecular formula is C91H60N2. The number of benzene rings is 15. The highest BCUT2D eigenvalue weighted by Crippen LogP contribution is 2.58. The van der Waals surface area contributed by atoms with E-state index in [1.54, 1.807) is 0 Å². The first-order chi connectivity index (χ1) is 46.1. The molecule has 0 unspecified atom stereocenters. The summed E-state index contributed by atoms with van der Waals surface area (Å²) in [6.45, 7) is 0. The van der Waals surface area contributed by atoms with Crippen LogP contribution in [-0.4, -0.2) is 9.13 Å². The third-order valence-electron chi connectivity index (χ3n) is 19.7. The van der Waals surface area contributed by atoms with Crippen LogP contribution in [0.3, 0.4) is 0 Å². The van der Waals surface area contributed by atoms with Crippen LogP contribution in [0.4, 0.5) is 0 Å². The van der Waals surface area contributed by atoms with Gasteiger partial charge in [0.25, 0.3) is 0 Å². The lowest BCUT2D eigenvalue weighted by Gasteiger charge is -2.36. The Morgan fingerprint density at radius 1 is 0.183 bits per heavy atom. The highest BCUT2D eigenvalue weighted by atomic mass is 15.0. The number of hydrogen-bond donors (Lipinski definition) is 0.